The highest BCUT2D eigenvalue weighted by molar-refractivity contribution is 7.10. The van der Waals surface area contributed by atoms with Gasteiger partial charge < -0.3 is 19.6 Å². The van der Waals surface area contributed by atoms with Crippen LogP contribution in [0.5, 0.6) is 0 Å². The normalized spacial score (nSPS) is 28.2. The van der Waals surface area contributed by atoms with Gasteiger partial charge in [0.25, 0.3) is 0 Å². The number of carboxylic acid groups (broad SMARTS) is 1. The van der Waals surface area contributed by atoms with E-state index in [0.29, 0.717) is 6.54 Å². The lowest BCUT2D eigenvalue weighted by atomic mass is 9.96. The standard InChI is InChI=1S/C15H18N2O5S/c1-16-12(18)7-9(13(16)11-3-2-6-23-11)14(19)17-4-5-22-10(8-17)15(20)21/h2-3,6,9-10,13H,4-5,7-8H2,1H3,(H,20,21)/t9-,10+,13-/m0/s1. The third-order valence-corrected chi connectivity index (χ3v) is 5.33. The molecule has 23 heavy (non-hydrogen) atoms. The topological polar surface area (TPSA) is 87.2 Å². The van der Waals surface area contributed by atoms with E-state index >= 15 is 0 Å². The van der Waals surface area contributed by atoms with E-state index < -0.39 is 18.0 Å². The molecule has 2 aliphatic rings. The average molecular weight is 338 g/mol. The molecule has 1 N–H and O–H groups in total. The molecule has 0 aliphatic carbocycles. The van der Waals surface area contributed by atoms with Crippen molar-refractivity contribution in [1.82, 2.24) is 9.80 Å². The molecule has 3 atom stereocenters. The number of hydrogen-bond donors (Lipinski definition) is 1. The SMILES string of the molecule is CN1C(=O)C[C@H](C(=O)N2CCO[C@@H](C(=O)O)C2)[C@H]1c1cccs1. The van der Waals surface area contributed by atoms with E-state index in [1.165, 1.54) is 16.2 Å². The van der Waals surface area contributed by atoms with Gasteiger partial charge in [-0.15, -0.1) is 11.3 Å². The van der Waals surface area contributed by atoms with Crippen LogP contribution < -0.4 is 0 Å². The molecule has 2 fully saturated rings. The summed E-state index contributed by atoms with van der Waals surface area (Å²) in [6.45, 7) is 0.580. The number of thiophene rings is 1. The summed E-state index contributed by atoms with van der Waals surface area (Å²) in [6.07, 6.45) is -0.838. The second-order valence-corrected chi connectivity index (χ2v) is 6.74. The summed E-state index contributed by atoms with van der Waals surface area (Å²) >= 11 is 1.52. The summed E-state index contributed by atoms with van der Waals surface area (Å²) in [7, 11) is 1.71. The Morgan fingerprint density at radius 3 is 2.87 bits per heavy atom. The molecule has 0 radical (unpaired) electrons. The number of carbonyl (C=O) groups is 3. The Bertz CT molecular complexity index is 617. The zero-order valence-electron chi connectivity index (χ0n) is 12.7. The Morgan fingerprint density at radius 1 is 1.43 bits per heavy atom. The summed E-state index contributed by atoms with van der Waals surface area (Å²) < 4.78 is 5.16. The van der Waals surface area contributed by atoms with Crippen LogP contribution in [0.1, 0.15) is 17.3 Å². The molecule has 0 bridgehead atoms. The van der Waals surface area contributed by atoms with E-state index in [0.717, 1.165) is 4.88 Å². The Labute approximate surface area is 137 Å². The molecule has 2 aliphatic heterocycles. The zero-order valence-corrected chi connectivity index (χ0v) is 13.5. The minimum atomic E-state index is -1.07. The van der Waals surface area contributed by atoms with Crippen LogP contribution in [0.25, 0.3) is 0 Å². The number of ether oxygens (including phenoxy) is 1. The maximum Gasteiger partial charge on any atom is 0.334 e. The molecule has 0 unspecified atom stereocenters. The molecule has 2 saturated heterocycles. The maximum absolute atomic E-state index is 12.9. The molecule has 1 aromatic rings. The maximum atomic E-state index is 12.9. The van der Waals surface area contributed by atoms with Gasteiger partial charge in [-0.1, -0.05) is 6.07 Å². The number of amides is 2. The third-order valence-electron chi connectivity index (χ3n) is 4.39. The summed E-state index contributed by atoms with van der Waals surface area (Å²) in [6, 6.07) is 3.54. The Kier molecular flexibility index (Phi) is 4.36. The summed E-state index contributed by atoms with van der Waals surface area (Å²) in [5.74, 6) is -1.78. The number of likely N-dealkylation sites (tertiary alicyclic amines) is 1. The lowest BCUT2D eigenvalue weighted by Gasteiger charge is -2.34. The molecule has 0 saturated carbocycles. The molecule has 7 nitrogen and oxygen atoms in total. The number of carbonyl (C=O) groups excluding carboxylic acids is 2. The number of carboxylic acids is 1. The van der Waals surface area contributed by atoms with Crippen LogP contribution >= 0.6 is 11.3 Å². The largest absolute Gasteiger partial charge is 0.479 e. The predicted octanol–water partition coefficient (Wildman–Crippen LogP) is 0.580. The van der Waals surface area contributed by atoms with Crippen molar-refractivity contribution in [2.45, 2.75) is 18.6 Å². The fraction of sp³-hybridized carbons (Fsp3) is 0.533. The number of morpholine rings is 1. The van der Waals surface area contributed by atoms with Crippen molar-refractivity contribution in [3.63, 3.8) is 0 Å². The molecule has 8 heteroatoms. The van der Waals surface area contributed by atoms with Crippen LogP contribution in [0, 0.1) is 5.92 Å². The van der Waals surface area contributed by atoms with E-state index in [4.69, 9.17) is 9.84 Å². The Morgan fingerprint density at radius 2 is 2.22 bits per heavy atom. The number of nitrogens with zero attached hydrogens (tertiary/aromatic N) is 2. The lowest BCUT2D eigenvalue weighted by molar-refractivity contribution is -0.160. The highest BCUT2D eigenvalue weighted by Gasteiger charge is 2.45. The third kappa shape index (κ3) is 2.96. The van der Waals surface area contributed by atoms with E-state index in [1.807, 2.05) is 17.5 Å². The van der Waals surface area contributed by atoms with Gasteiger partial charge in [-0.3, -0.25) is 9.59 Å². The highest BCUT2D eigenvalue weighted by atomic mass is 32.1. The molecule has 3 rings (SSSR count). The van der Waals surface area contributed by atoms with Crippen molar-refractivity contribution >= 4 is 29.1 Å². The van der Waals surface area contributed by atoms with Crippen LogP contribution in [0.4, 0.5) is 0 Å². The second kappa shape index (κ2) is 6.29. The monoisotopic (exact) mass is 338 g/mol. The second-order valence-electron chi connectivity index (χ2n) is 5.76. The molecule has 1 aromatic heterocycles. The molecule has 0 aromatic carbocycles. The zero-order chi connectivity index (χ0) is 16.6. The van der Waals surface area contributed by atoms with Gasteiger partial charge in [-0.2, -0.15) is 0 Å². The van der Waals surface area contributed by atoms with Gasteiger partial charge in [0.15, 0.2) is 6.10 Å². The molecule has 3 heterocycles. The van der Waals surface area contributed by atoms with Crippen LogP contribution in [0.15, 0.2) is 17.5 Å². The van der Waals surface area contributed by atoms with E-state index in [2.05, 4.69) is 0 Å². The van der Waals surface area contributed by atoms with Crippen molar-refractivity contribution in [3.05, 3.63) is 22.4 Å². The van der Waals surface area contributed by atoms with Crippen molar-refractivity contribution in [2.24, 2.45) is 5.92 Å². The van der Waals surface area contributed by atoms with Gasteiger partial charge >= 0.3 is 5.97 Å². The van der Waals surface area contributed by atoms with Crippen molar-refractivity contribution in [1.29, 1.82) is 0 Å². The lowest BCUT2D eigenvalue weighted by Crippen LogP contribution is -2.50. The minimum Gasteiger partial charge on any atom is -0.479 e. The smallest absolute Gasteiger partial charge is 0.334 e. The van der Waals surface area contributed by atoms with Crippen molar-refractivity contribution in [3.8, 4) is 0 Å². The van der Waals surface area contributed by atoms with Gasteiger partial charge in [0.2, 0.25) is 11.8 Å². The first-order valence-corrected chi connectivity index (χ1v) is 8.29. The van der Waals surface area contributed by atoms with Crippen molar-refractivity contribution in [2.75, 3.05) is 26.7 Å². The average Bonchev–Trinajstić information content (AvgIpc) is 3.16. The first kappa shape index (κ1) is 15.9. The van der Waals surface area contributed by atoms with Gasteiger partial charge in [0.1, 0.15) is 0 Å². The molecule has 0 spiro atoms. The highest BCUT2D eigenvalue weighted by Crippen LogP contribution is 2.40. The first-order valence-electron chi connectivity index (χ1n) is 7.41. The molecular weight excluding hydrogens is 320 g/mol. The Balaban J connectivity index is 1.80. The quantitative estimate of drug-likeness (QED) is 0.871. The number of hydrogen-bond acceptors (Lipinski definition) is 5. The first-order chi connectivity index (χ1) is 11.0. The van der Waals surface area contributed by atoms with Gasteiger partial charge in [-0.25, -0.2) is 4.79 Å². The molecule has 2 amide bonds. The fourth-order valence-corrected chi connectivity index (χ4v) is 4.11. The molecular formula is C15H18N2O5S. The van der Waals surface area contributed by atoms with E-state index in [-0.39, 0.29) is 37.4 Å². The molecule has 124 valence electrons. The number of rotatable bonds is 3. The van der Waals surface area contributed by atoms with Gasteiger partial charge in [0.05, 0.1) is 25.1 Å². The minimum absolute atomic E-state index is 0.0275. The summed E-state index contributed by atoms with van der Waals surface area (Å²) in [5, 5.41) is 11.0. The van der Waals surface area contributed by atoms with E-state index in [9.17, 15) is 14.4 Å². The van der Waals surface area contributed by atoms with Gasteiger partial charge in [-0.05, 0) is 11.4 Å². The number of aliphatic carboxylic acids is 1. The predicted molar refractivity (Wildman–Crippen MR) is 81.9 cm³/mol. The van der Waals surface area contributed by atoms with Crippen LogP contribution in [-0.4, -0.2) is 65.5 Å². The summed E-state index contributed by atoms with van der Waals surface area (Å²) in [4.78, 5) is 40.1. The van der Waals surface area contributed by atoms with Crippen molar-refractivity contribution < 1.29 is 24.2 Å². The summed E-state index contributed by atoms with van der Waals surface area (Å²) in [5.41, 5.74) is 0. The van der Waals surface area contributed by atoms with Crippen LogP contribution in [-0.2, 0) is 19.1 Å². The fourth-order valence-electron chi connectivity index (χ4n) is 3.17. The Hall–Kier alpha value is -1.93. The van der Waals surface area contributed by atoms with Crippen LogP contribution in [0.3, 0.4) is 0 Å². The van der Waals surface area contributed by atoms with Gasteiger partial charge in [0, 0.05) is 24.9 Å². The van der Waals surface area contributed by atoms with Crippen LogP contribution in [0.2, 0.25) is 0 Å². The van der Waals surface area contributed by atoms with E-state index in [1.54, 1.807) is 11.9 Å².